The third kappa shape index (κ3) is 5.38. The smallest absolute Gasteiger partial charge is 0.191 e. The fraction of sp³-hybridized carbons (Fsp3) is 0.588. The molecule has 0 saturated carbocycles. The van der Waals surface area contributed by atoms with Crippen LogP contribution in [-0.4, -0.2) is 43.1 Å². The van der Waals surface area contributed by atoms with Crippen molar-refractivity contribution in [3.63, 3.8) is 0 Å². The number of likely N-dealkylation sites (tertiary alicyclic amines) is 1. The van der Waals surface area contributed by atoms with Crippen LogP contribution in [0.15, 0.2) is 35.3 Å². The number of rotatable bonds is 5. The van der Waals surface area contributed by atoms with E-state index in [1.165, 1.54) is 18.4 Å². The quantitative estimate of drug-likeness (QED) is 0.645. The Balaban J connectivity index is 1.76. The number of piperidine rings is 1. The molecule has 2 rings (SSSR count). The summed E-state index contributed by atoms with van der Waals surface area (Å²) in [5.41, 5.74) is 1.41. The van der Waals surface area contributed by atoms with Crippen molar-refractivity contribution in [2.24, 2.45) is 4.99 Å². The molecule has 0 unspecified atom stereocenters. The summed E-state index contributed by atoms with van der Waals surface area (Å²) in [5.74, 6) is 0.960. The molecule has 1 saturated heterocycles. The number of guanidine groups is 1. The maximum Gasteiger partial charge on any atom is 0.191 e. The van der Waals surface area contributed by atoms with E-state index < -0.39 is 0 Å². The van der Waals surface area contributed by atoms with Crippen molar-refractivity contribution in [3.05, 3.63) is 35.9 Å². The monoisotopic (exact) mass is 288 g/mol. The summed E-state index contributed by atoms with van der Waals surface area (Å²) in [6.45, 7) is 9.28. The molecule has 1 aromatic carbocycles. The molecule has 21 heavy (non-hydrogen) atoms. The van der Waals surface area contributed by atoms with E-state index in [2.05, 4.69) is 64.7 Å². The molecule has 1 heterocycles. The Bertz CT molecular complexity index is 422. The summed E-state index contributed by atoms with van der Waals surface area (Å²) >= 11 is 0. The lowest BCUT2D eigenvalue weighted by molar-refractivity contribution is 0.198. The van der Waals surface area contributed by atoms with Gasteiger partial charge in [0, 0.05) is 38.8 Å². The predicted molar refractivity (Wildman–Crippen MR) is 89.5 cm³/mol. The van der Waals surface area contributed by atoms with E-state index >= 15 is 0 Å². The van der Waals surface area contributed by atoms with Crippen molar-refractivity contribution in [3.8, 4) is 0 Å². The molecule has 4 heteroatoms. The second kappa shape index (κ2) is 8.67. The van der Waals surface area contributed by atoms with E-state index in [1.54, 1.807) is 0 Å². The average molecular weight is 288 g/mol. The molecule has 116 valence electrons. The Morgan fingerprint density at radius 3 is 2.52 bits per heavy atom. The summed E-state index contributed by atoms with van der Waals surface area (Å²) in [5, 5.41) is 6.86. The third-order valence-corrected chi connectivity index (χ3v) is 3.84. The van der Waals surface area contributed by atoms with Gasteiger partial charge in [0.2, 0.25) is 0 Å². The third-order valence-electron chi connectivity index (χ3n) is 3.84. The largest absolute Gasteiger partial charge is 0.357 e. The summed E-state index contributed by atoms with van der Waals surface area (Å²) in [6.07, 6.45) is 2.36. The van der Waals surface area contributed by atoms with Crippen LogP contribution in [0.4, 0.5) is 0 Å². The second-order valence-electron chi connectivity index (χ2n) is 5.53. The highest BCUT2D eigenvalue weighted by Crippen LogP contribution is 2.13. The van der Waals surface area contributed by atoms with Crippen molar-refractivity contribution >= 4 is 5.96 Å². The van der Waals surface area contributed by atoms with Gasteiger partial charge >= 0.3 is 0 Å². The lowest BCUT2D eigenvalue weighted by Gasteiger charge is -2.33. The van der Waals surface area contributed by atoms with Crippen LogP contribution in [0.25, 0.3) is 0 Å². The lowest BCUT2D eigenvalue weighted by atomic mass is 10.0. The number of hydrogen-bond donors (Lipinski definition) is 2. The summed E-state index contributed by atoms with van der Waals surface area (Å²) in [7, 11) is 0. The first-order valence-electron chi connectivity index (χ1n) is 8.13. The van der Waals surface area contributed by atoms with Crippen molar-refractivity contribution in [1.82, 2.24) is 15.5 Å². The molecule has 0 bridgehead atoms. The van der Waals surface area contributed by atoms with Gasteiger partial charge in [-0.25, -0.2) is 0 Å². The first-order valence-corrected chi connectivity index (χ1v) is 8.13. The molecule has 1 aliphatic rings. The molecule has 0 aliphatic carbocycles. The number of benzene rings is 1. The van der Waals surface area contributed by atoms with E-state index in [-0.39, 0.29) is 0 Å². The molecule has 0 aromatic heterocycles. The maximum atomic E-state index is 4.48. The van der Waals surface area contributed by atoms with Gasteiger partial charge in [-0.05, 0) is 32.3 Å². The summed E-state index contributed by atoms with van der Waals surface area (Å²) < 4.78 is 0. The summed E-state index contributed by atoms with van der Waals surface area (Å²) in [6, 6.07) is 11.3. The fourth-order valence-electron chi connectivity index (χ4n) is 2.75. The van der Waals surface area contributed by atoms with Gasteiger partial charge in [-0.15, -0.1) is 0 Å². The number of hydrogen-bond acceptors (Lipinski definition) is 2. The first-order chi connectivity index (χ1) is 10.3. The van der Waals surface area contributed by atoms with Crippen molar-refractivity contribution < 1.29 is 0 Å². The SMILES string of the molecule is CCN=C(NCC)NC1CCN(Cc2ccccc2)CC1. The lowest BCUT2D eigenvalue weighted by Crippen LogP contribution is -2.48. The van der Waals surface area contributed by atoms with E-state index in [0.29, 0.717) is 6.04 Å². The fourth-order valence-corrected chi connectivity index (χ4v) is 2.75. The van der Waals surface area contributed by atoms with Crippen LogP contribution in [0, 0.1) is 0 Å². The Labute approximate surface area is 128 Å². The molecule has 0 atom stereocenters. The van der Waals surface area contributed by atoms with E-state index in [9.17, 15) is 0 Å². The van der Waals surface area contributed by atoms with Crippen molar-refractivity contribution in [1.29, 1.82) is 0 Å². The van der Waals surface area contributed by atoms with Crippen LogP contribution in [0.2, 0.25) is 0 Å². The zero-order valence-electron chi connectivity index (χ0n) is 13.3. The van der Waals surface area contributed by atoms with Gasteiger partial charge in [-0.3, -0.25) is 9.89 Å². The van der Waals surface area contributed by atoms with Gasteiger partial charge < -0.3 is 10.6 Å². The molecule has 2 N–H and O–H groups in total. The highest BCUT2D eigenvalue weighted by Gasteiger charge is 2.19. The zero-order chi connectivity index (χ0) is 14.9. The van der Waals surface area contributed by atoms with Gasteiger partial charge in [-0.1, -0.05) is 30.3 Å². The highest BCUT2D eigenvalue weighted by molar-refractivity contribution is 5.80. The Morgan fingerprint density at radius 2 is 1.90 bits per heavy atom. The molecule has 0 radical (unpaired) electrons. The van der Waals surface area contributed by atoms with Crippen molar-refractivity contribution in [2.45, 2.75) is 39.3 Å². The van der Waals surface area contributed by atoms with Gasteiger partial charge in [-0.2, -0.15) is 0 Å². The second-order valence-corrected chi connectivity index (χ2v) is 5.53. The molecular weight excluding hydrogens is 260 g/mol. The average Bonchev–Trinajstić information content (AvgIpc) is 2.51. The first kappa shape index (κ1) is 15.8. The van der Waals surface area contributed by atoms with E-state index in [1.807, 2.05) is 0 Å². The Kier molecular flexibility index (Phi) is 6.54. The minimum absolute atomic E-state index is 0.543. The van der Waals surface area contributed by atoms with E-state index in [4.69, 9.17) is 0 Å². The maximum absolute atomic E-state index is 4.48. The number of aliphatic imine (C=N–C) groups is 1. The standard InChI is InChI=1S/C17H28N4/c1-3-18-17(19-4-2)20-16-10-12-21(13-11-16)14-15-8-6-5-7-9-15/h5-9,16H,3-4,10-14H2,1-2H3,(H2,18,19,20). The molecule has 1 fully saturated rings. The van der Waals surface area contributed by atoms with Gasteiger partial charge in [0.15, 0.2) is 5.96 Å². The van der Waals surface area contributed by atoms with Gasteiger partial charge in [0.05, 0.1) is 0 Å². The molecule has 0 amide bonds. The Hall–Kier alpha value is -1.55. The van der Waals surface area contributed by atoms with Gasteiger partial charge in [0.1, 0.15) is 0 Å². The number of nitrogens with one attached hydrogen (secondary N) is 2. The summed E-state index contributed by atoms with van der Waals surface area (Å²) in [4.78, 5) is 7.01. The van der Waals surface area contributed by atoms with Crippen LogP contribution in [0.1, 0.15) is 32.3 Å². The molecule has 0 spiro atoms. The molecule has 4 nitrogen and oxygen atoms in total. The van der Waals surface area contributed by atoms with Crippen molar-refractivity contribution in [2.75, 3.05) is 26.2 Å². The minimum atomic E-state index is 0.543. The van der Waals surface area contributed by atoms with Crippen LogP contribution in [0.3, 0.4) is 0 Å². The molecule has 1 aliphatic heterocycles. The van der Waals surface area contributed by atoms with Crippen LogP contribution in [-0.2, 0) is 6.54 Å². The van der Waals surface area contributed by atoms with Crippen LogP contribution >= 0.6 is 0 Å². The Morgan fingerprint density at radius 1 is 1.19 bits per heavy atom. The van der Waals surface area contributed by atoms with Gasteiger partial charge in [0.25, 0.3) is 0 Å². The van der Waals surface area contributed by atoms with E-state index in [0.717, 1.165) is 38.7 Å². The highest BCUT2D eigenvalue weighted by atomic mass is 15.2. The molecular formula is C17H28N4. The topological polar surface area (TPSA) is 39.7 Å². The minimum Gasteiger partial charge on any atom is -0.357 e. The zero-order valence-corrected chi connectivity index (χ0v) is 13.3. The normalized spacial score (nSPS) is 17.7. The van der Waals surface area contributed by atoms with Crippen LogP contribution in [0.5, 0.6) is 0 Å². The predicted octanol–water partition coefficient (Wildman–Crippen LogP) is 2.23. The van der Waals surface area contributed by atoms with Crippen LogP contribution < -0.4 is 10.6 Å². The molecule has 1 aromatic rings. The number of nitrogens with zero attached hydrogens (tertiary/aromatic N) is 2.